The Kier molecular flexibility index (Phi) is 6.70. The minimum absolute atomic E-state index is 0.00306. The molecule has 9 nitrogen and oxygen atoms in total. The van der Waals surface area contributed by atoms with Crippen molar-refractivity contribution in [2.45, 2.75) is 39.3 Å². The van der Waals surface area contributed by atoms with E-state index in [1.807, 2.05) is 85.9 Å². The summed E-state index contributed by atoms with van der Waals surface area (Å²) in [6.07, 6.45) is 0.359. The van der Waals surface area contributed by atoms with Crippen molar-refractivity contribution in [3.8, 4) is 5.69 Å². The molecule has 0 bridgehead atoms. The van der Waals surface area contributed by atoms with Crippen molar-refractivity contribution in [1.29, 1.82) is 0 Å². The number of carbonyl (C=O) groups is 3. The van der Waals surface area contributed by atoms with Gasteiger partial charge in [0.2, 0.25) is 0 Å². The van der Waals surface area contributed by atoms with Crippen LogP contribution in [0.2, 0.25) is 0 Å². The molecule has 3 aromatic rings. The lowest BCUT2D eigenvalue weighted by atomic mass is 9.87. The van der Waals surface area contributed by atoms with Crippen LogP contribution in [0.3, 0.4) is 0 Å². The highest BCUT2D eigenvalue weighted by atomic mass is 16.2. The number of likely N-dealkylation sites (N-methyl/N-ethyl adjacent to an activating group) is 1. The molecule has 0 aliphatic carbocycles. The number of carbonyl (C=O) groups excluding carboxylic acids is 3. The molecule has 0 spiro atoms. The van der Waals surface area contributed by atoms with Crippen LogP contribution in [-0.2, 0) is 21.7 Å². The lowest BCUT2D eigenvalue weighted by molar-refractivity contribution is -0.139. The van der Waals surface area contributed by atoms with Gasteiger partial charge in [0, 0.05) is 17.8 Å². The minimum Gasteiger partial charge on any atom is -0.318 e. The molecule has 0 saturated carbocycles. The van der Waals surface area contributed by atoms with Gasteiger partial charge >= 0.3 is 6.03 Å². The highest BCUT2D eigenvalue weighted by Gasteiger charge is 2.52. The molecular formula is C26H30N6O3. The van der Waals surface area contributed by atoms with E-state index in [0.717, 1.165) is 27.6 Å². The second kappa shape index (κ2) is 9.71. The molecule has 0 unspecified atom stereocenters. The van der Waals surface area contributed by atoms with Gasteiger partial charge in [-0.05, 0) is 45.0 Å². The van der Waals surface area contributed by atoms with Crippen molar-refractivity contribution in [3.05, 3.63) is 83.2 Å². The van der Waals surface area contributed by atoms with Gasteiger partial charge < -0.3 is 5.32 Å². The van der Waals surface area contributed by atoms with Crippen LogP contribution in [0.5, 0.6) is 0 Å². The number of aryl methyl sites for hydroxylation is 1. The number of imide groups is 1. The van der Waals surface area contributed by atoms with E-state index < -0.39 is 23.4 Å². The van der Waals surface area contributed by atoms with Crippen LogP contribution in [0.15, 0.2) is 60.7 Å². The molecule has 1 aromatic heterocycles. The fourth-order valence-corrected chi connectivity index (χ4v) is 4.49. The third kappa shape index (κ3) is 4.54. The lowest BCUT2D eigenvalue weighted by Gasteiger charge is -2.25. The first-order chi connectivity index (χ1) is 16.8. The first-order valence-electron chi connectivity index (χ1n) is 11.6. The van der Waals surface area contributed by atoms with Crippen LogP contribution in [0.25, 0.3) is 5.69 Å². The Balaban J connectivity index is 1.43. The maximum atomic E-state index is 13.2. The zero-order valence-corrected chi connectivity index (χ0v) is 20.4. The van der Waals surface area contributed by atoms with Crippen LogP contribution >= 0.6 is 0 Å². The van der Waals surface area contributed by atoms with E-state index in [-0.39, 0.29) is 6.54 Å². The van der Waals surface area contributed by atoms with Crippen molar-refractivity contribution < 1.29 is 14.4 Å². The number of benzene rings is 2. The van der Waals surface area contributed by atoms with Gasteiger partial charge in [0.1, 0.15) is 5.54 Å². The number of rotatable bonds is 8. The molecule has 182 valence electrons. The van der Waals surface area contributed by atoms with Crippen molar-refractivity contribution >= 4 is 17.8 Å². The molecule has 1 atom stereocenters. The highest BCUT2D eigenvalue weighted by molar-refractivity contribution is 6.08. The average molecular weight is 475 g/mol. The normalized spacial score (nSPS) is 17.7. The molecule has 1 fully saturated rings. The molecule has 0 radical (unpaired) electrons. The van der Waals surface area contributed by atoms with Gasteiger partial charge in [0.15, 0.2) is 0 Å². The quantitative estimate of drug-likeness (QED) is 0.489. The van der Waals surface area contributed by atoms with Gasteiger partial charge in [0.05, 0.1) is 17.9 Å². The smallest absolute Gasteiger partial charge is 0.318 e. The monoisotopic (exact) mass is 474 g/mol. The number of hydrazine groups is 1. The maximum absolute atomic E-state index is 13.2. The number of urea groups is 1. The summed E-state index contributed by atoms with van der Waals surface area (Å²) in [5.41, 5.74) is 5.82. The molecule has 9 heteroatoms. The molecule has 2 aromatic carbocycles. The van der Waals surface area contributed by atoms with Gasteiger partial charge in [0.25, 0.3) is 11.8 Å². The van der Waals surface area contributed by atoms with E-state index in [1.54, 1.807) is 12.1 Å². The molecule has 1 aliphatic rings. The van der Waals surface area contributed by atoms with Crippen molar-refractivity contribution in [2.75, 3.05) is 13.6 Å². The summed E-state index contributed by atoms with van der Waals surface area (Å²) in [6, 6.07) is 18.3. The Morgan fingerprint density at radius 1 is 1.06 bits per heavy atom. The summed E-state index contributed by atoms with van der Waals surface area (Å²) in [7, 11) is 1.81. The maximum Gasteiger partial charge on any atom is 0.344 e. The van der Waals surface area contributed by atoms with Gasteiger partial charge in [-0.25, -0.2) is 9.48 Å². The third-order valence-electron chi connectivity index (χ3n) is 6.41. The fourth-order valence-electron chi connectivity index (χ4n) is 4.49. The number of nitrogens with one attached hydrogen (secondary N) is 2. The number of hydrogen-bond acceptors (Lipinski definition) is 5. The summed E-state index contributed by atoms with van der Waals surface area (Å²) in [4.78, 5) is 40.4. The molecule has 1 saturated heterocycles. The molecule has 2 N–H and O–H groups in total. The first-order valence-corrected chi connectivity index (χ1v) is 11.6. The van der Waals surface area contributed by atoms with E-state index in [9.17, 15) is 14.4 Å². The SMILES string of the molecule is CC[C@]1(c2ccccc2)NC(=O)N(NC(=O)CN(C)Cc2c(C)nn(-c3ccccc3)c2C)C1=O. The number of aromatic nitrogens is 2. The predicted octanol–water partition coefficient (Wildman–Crippen LogP) is 2.81. The van der Waals surface area contributed by atoms with Crippen LogP contribution in [0, 0.1) is 13.8 Å². The number of nitrogens with zero attached hydrogens (tertiary/aromatic N) is 4. The van der Waals surface area contributed by atoms with E-state index in [0.29, 0.717) is 18.5 Å². The standard InChI is InChI=1S/C26H30N6O3/c1-5-26(20-12-8-6-9-13-20)24(34)32(25(35)27-26)29-23(33)17-30(4)16-22-18(2)28-31(19(22)3)21-14-10-7-11-15-21/h6-15H,5,16-17H2,1-4H3,(H,27,35)(H,29,33)/t26-/m1/s1. The first kappa shape index (κ1) is 24.2. The third-order valence-corrected chi connectivity index (χ3v) is 6.41. The molecule has 2 heterocycles. The van der Waals surface area contributed by atoms with Crippen LogP contribution < -0.4 is 10.7 Å². The van der Waals surface area contributed by atoms with E-state index in [4.69, 9.17) is 0 Å². The molecular weight excluding hydrogens is 444 g/mol. The summed E-state index contributed by atoms with van der Waals surface area (Å²) >= 11 is 0. The highest BCUT2D eigenvalue weighted by Crippen LogP contribution is 2.31. The Morgan fingerprint density at radius 2 is 1.69 bits per heavy atom. The van der Waals surface area contributed by atoms with Gasteiger partial charge in [-0.15, -0.1) is 0 Å². The lowest BCUT2D eigenvalue weighted by Crippen LogP contribution is -2.50. The molecule has 4 rings (SSSR count). The van der Waals surface area contributed by atoms with Crippen molar-refractivity contribution in [1.82, 2.24) is 30.4 Å². The topological polar surface area (TPSA) is 99.6 Å². The zero-order chi connectivity index (χ0) is 25.2. The molecule has 35 heavy (non-hydrogen) atoms. The second-order valence-electron chi connectivity index (χ2n) is 8.80. The van der Waals surface area contributed by atoms with Crippen LogP contribution in [0.1, 0.15) is 35.9 Å². The Labute approximate surface area is 204 Å². The number of hydrogen-bond donors (Lipinski definition) is 2. The second-order valence-corrected chi connectivity index (χ2v) is 8.80. The largest absolute Gasteiger partial charge is 0.344 e. The van der Waals surface area contributed by atoms with Gasteiger partial charge in [-0.2, -0.15) is 10.1 Å². The molecule has 1 aliphatic heterocycles. The van der Waals surface area contributed by atoms with E-state index >= 15 is 0 Å². The van der Waals surface area contributed by atoms with Gasteiger partial charge in [-0.3, -0.25) is 19.9 Å². The fraction of sp³-hybridized carbons (Fsp3) is 0.308. The van der Waals surface area contributed by atoms with Crippen molar-refractivity contribution in [2.24, 2.45) is 0 Å². The molecule has 4 amide bonds. The van der Waals surface area contributed by atoms with Gasteiger partial charge in [-0.1, -0.05) is 55.5 Å². The summed E-state index contributed by atoms with van der Waals surface area (Å²) in [5, 5.41) is 8.20. The van der Waals surface area contributed by atoms with Crippen LogP contribution in [-0.4, -0.2) is 51.1 Å². The summed E-state index contributed by atoms with van der Waals surface area (Å²) < 4.78 is 1.89. The Bertz CT molecular complexity index is 1240. The number of para-hydroxylation sites is 1. The summed E-state index contributed by atoms with van der Waals surface area (Å²) in [5.74, 6) is -0.954. The van der Waals surface area contributed by atoms with E-state index in [1.165, 1.54) is 0 Å². The number of amides is 4. The zero-order valence-electron chi connectivity index (χ0n) is 20.4. The Hall–Kier alpha value is -3.98. The van der Waals surface area contributed by atoms with E-state index in [2.05, 4.69) is 15.8 Å². The Morgan fingerprint density at radius 3 is 2.31 bits per heavy atom. The predicted molar refractivity (Wildman–Crippen MR) is 131 cm³/mol. The minimum atomic E-state index is -1.20. The average Bonchev–Trinajstić information content (AvgIpc) is 3.28. The summed E-state index contributed by atoms with van der Waals surface area (Å²) in [6.45, 7) is 6.25. The van der Waals surface area contributed by atoms with Crippen molar-refractivity contribution in [3.63, 3.8) is 0 Å². The van der Waals surface area contributed by atoms with Crippen LogP contribution in [0.4, 0.5) is 4.79 Å².